The van der Waals surface area contributed by atoms with Crippen molar-refractivity contribution in [3.63, 3.8) is 0 Å². The molecule has 0 fully saturated rings. The van der Waals surface area contributed by atoms with Crippen LogP contribution in [0.15, 0.2) is 49.8 Å². The van der Waals surface area contributed by atoms with Gasteiger partial charge >= 0.3 is 147 Å². The van der Waals surface area contributed by atoms with Crippen molar-refractivity contribution in [2.45, 2.75) is 59.8 Å². The third kappa shape index (κ3) is 2.12. The van der Waals surface area contributed by atoms with Gasteiger partial charge in [-0.2, -0.15) is 0 Å². The average molecular weight is 386 g/mol. The van der Waals surface area contributed by atoms with Gasteiger partial charge < -0.3 is 0 Å². The molecule has 0 saturated carbocycles. The fourth-order valence-electron chi connectivity index (χ4n) is 5.04. The van der Waals surface area contributed by atoms with Crippen LogP contribution in [0, 0.1) is 0 Å². The Hall–Kier alpha value is -0.677. The molecule has 0 amide bonds. The van der Waals surface area contributed by atoms with Gasteiger partial charge in [-0.25, -0.2) is 0 Å². The molecule has 2 aliphatic carbocycles. The van der Waals surface area contributed by atoms with E-state index in [2.05, 4.69) is 81.1 Å². The normalized spacial score (nSPS) is 23.5. The van der Waals surface area contributed by atoms with Crippen molar-refractivity contribution in [2.24, 2.45) is 0 Å². The fraction of sp³-hybridized carbons (Fsp3) is 0.455. The van der Waals surface area contributed by atoms with E-state index in [9.17, 15) is 0 Å². The van der Waals surface area contributed by atoms with Crippen LogP contribution in [-0.4, -0.2) is 0 Å². The monoisotopic (exact) mass is 384 g/mol. The van der Waals surface area contributed by atoms with E-state index < -0.39 is 20.3 Å². The second-order valence-corrected chi connectivity index (χ2v) is 20.1. The summed E-state index contributed by atoms with van der Waals surface area (Å²) in [7, 11) is 0. The standard InChI is InChI=1S/C10H9.C10H15.2CH3.Zr/c1-8-6-7-9-4-2-3-5-10(8)9;1-6-7(2)9(4)10(5)8(6)3;;;/h2-5,7-8H,1H3;1-5H3;2*1H3;. The number of benzene rings is 1. The molecule has 0 saturated heterocycles. The van der Waals surface area contributed by atoms with E-state index in [1.54, 1.807) is 25.6 Å². The van der Waals surface area contributed by atoms with E-state index in [0.29, 0.717) is 9.04 Å². The Balaban J connectivity index is 2.15. The van der Waals surface area contributed by atoms with Crippen LogP contribution >= 0.6 is 0 Å². The second-order valence-electron chi connectivity index (χ2n) is 8.20. The predicted molar refractivity (Wildman–Crippen MR) is 99.7 cm³/mol. The zero-order valence-corrected chi connectivity index (χ0v) is 18.4. The van der Waals surface area contributed by atoms with Gasteiger partial charge in [0.2, 0.25) is 0 Å². The molecule has 1 aromatic carbocycles. The molecule has 0 bridgehead atoms. The van der Waals surface area contributed by atoms with Gasteiger partial charge in [0.1, 0.15) is 0 Å². The molecule has 1 heteroatoms. The Labute approximate surface area is 146 Å². The first-order chi connectivity index (χ1) is 10.6. The first-order valence-electron chi connectivity index (χ1n) is 8.81. The summed E-state index contributed by atoms with van der Waals surface area (Å²) in [4.78, 5) is 0. The summed E-state index contributed by atoms with van der Waals surface area (Å²) in [6.07, 6.45) is 2.55. The van der Waals surface area contributed by atoms with Crippen LogP contribution in [0.2, 0.25) is 12.4 Å². The Morgan fingerprint density at radius 3 is 1.96 bits per heavy atom. The SMILES string of the molecule is CC1=C(C)[C](C)([Zr]([CH3])([CH3])[C]2=Cc3ccccc3C2C)C(C)=C1C. The zero-order chi connectivity index (χ0) is 17.2. The van der Waals surface area contributed by atoms with Crippen LogP contribution in [-0.2, 0) is 20.3 Å². The van der Waals surface area contributed by atoms with E-state index in [0.717, 1.165) is 0 Å². The van der Waals surface area contributed by atoms with Crippen molar-refractivity contribution in [3.05, 3.63) is 61.0 Å². The summed E-state index contributed by atoms with van der Waals surface area (Å²) in [6.45, 7) is 14.4. The van der Waals surface area contributed by atoms with Gasteiger partial charge in [-0.05, 0) is 0 Å². The molecule has 0 heterocycles. The van der Waals surface area contributed by atoms with Crippen LogP contribution < -0.4 is 0 Å². The molecule has 3 rings (SSSR count). The van der Waals surface area contributed by atoms with Gasteiger partial charge in [-0.3, -0.25) is 0 Å². The number of hydrogen-bond donors (Lipinski definition) is 0. The average Bonchev–Trinajstić information content (AvgIpc) is 2.95. The molecule has 0 aliphatic heterocycles. The summed E-state index contributed by atoms with van der Waals surface area (Å²) in [5, 5.41) is 0. The van der Waals surface area contributed by atoms with Crippen LogP contribution in [0.1, 0.15) is 58.6 Å². The first kappa shape index (κ1) is 17.2. The molecular formula is C22H30Zr. The molecule has 0 radical (unpaired) electrons. The Morgan fingerprint density at radius 1 is 0.913 bits per heavy atom. The van der Waals surface area contributed by atoms with Gasteiger partial charge in [-0.1, -0.05) is 0 Å². The molecule has 122 valence electrons. The first-order valence-corrected chi connectivity index (χ1v) is 16.2. The summed E-state index contributed by atoms with van der Waals surface area (Å²) >= 11 is -2.60. The third-order valence-electron chi connectivity index (χ3n) is 7.40. The van der Waals surface area contributed by atoms with E-state index in [1.165, 1.54) is 11.1 Å². The van der Waals surface area contributed by atoms with E-state index in [1.807, 2.05) is 0 Å². The van der Waals surface area contributed by atoms with Crippen molar-refractivity contribution in [2.75, 3.05) is 0 Å². The Kier molecular flexibility index (Phi) is 4.04. The van der Waals surface area contributed by atoms with Crippen LogP contribution in [0.5, 0.6) is 0 Å². The minimum atomic E-state index is -2.60. The maximum atomic E-state index is 2.65. The number of allylic oxidation sites excluding steroid dienone is 5. The maximum absolute atomic E-state index is 2.65. The molecule has 2 aliphatic rings. The molecule has 0 nitrogen and oxygen atoms in total. The number of hydrogen-bond acceptors (Lipinski definition) is 0. The summed E-state index contributed by atoms with van der Waals surface area (Å²) in [5.41, 5.74) is 9.34. The second kappa shape index (κ2) is 5.42. The van der Waals surface area contributed by atoms with E-state index in [4.69, 9.17) is 0 Å². The van der Waals surface area contributed by atoms with Crippen LogP contribution in [0.4, 0.5) is 0 Å². The van der Waals surface area contributed by atoms with Gasteiger partial charge in [-0.15, -0.1) is 0 Å². The van der Waals surface area contributed by atoms with Gasteiger partial charge in [0.15, 0.2) is 0 Å². The van der Waals surface area contributed by atoms with Gasteiger partial charge in [0.25, 0.3) is 0 Å². The molecule has 0 spiro atoms. The number of rotatable bonds is 2. The van der Waals surface area contributed by atoms with E-state index >= 15 is 0 Å². The van der Waals surface area contributed by atoms with Crippen LogP contribution in [0.25, 0.3) is 6.08 Å². The molecule has 0 aromatic heterocycles. The molecule has 0 N–H and O–H groups in total. The predicted octanol–water partition coefficient (Wildman–Crippen LogP) is 7.26. The molecule has 1 aromatic rings. The summed E-state index contributed by atoms with van der Waals surface area (Å²) in [5.74, 6) is 0.593. The molecule has 1 unspecified atom stereocenters. The minimum absolute atomic E-state index is 0.310. The molecule has 23 heavy (non-hydrogen) atoms. The summed E-state index contributed by atoms with van der Waals surface area (Å²) in [6, 6.07) is 8.98. The Morgan fingerprint density at radius 2 is 1.43 bits per heavy atom. The van der Waals surface area contributed by atoms with Crippen molar-refractivity contribution in [3.8, 4) is 0 Å². The van der Waals surface area contributed by atoms with E-state index in [-0.39, 0.29) is 0 Å². The zero-order valence-electron chi connectivity index (χ0n) is 16.0. The van der Waals surface area contributed by atoms with Crippen molar-refractivity contribution >= 4 is 6.08 Å². The molecule has 1 atom stereocenters. The third-order valence-corrected chi connectivity index (χ3v) is 20.4. The van der Waals surface area contributed by atoms with Crippen LogP contribution in [0.3, 0.4) is 0 Å². The Bertz CT molecular complexity index is 747. The van der Waals surface area contributed by atoms with Crippen molar-refractivity contribution < 1.29 is 20.3 Å². The van der Waals surface area contributed by atoms with Crippen molar-refractivity contribution in [1.82, 2.24) is 0 Å². The fourth-order valence-corrected chi connectivity index (χ4v) is 16.3. The quantitative estimate of drug-likeness (QED) is 0.502. The van der Waals surface area contributed by atoms with Crippen molar-refractivity contribution in [1.29, 1.82) is 0 Å². The topological polar surface area (TPSA) is 0 Å². The number of fused-ring (bicyclic) bond motifs is 1. The molecular weight excluding hydrogens is 355 g/mol. The summed E-state index contributed by atoms with van der Waals surface area (Å²) < 4.78 is 7.40. The van der Waals surface area contributed by atoms with Gasteiger partial charge in [0.05, 0.1) is 0 Å². The van der Waals surface area contributed by atoms with Gasteiger partial charge in [0, 0.05) is 0 Å².